The summed E-state index contributed by atoms with van der Waals surface area (Å²) in [6, 6.07) is 7.83. The van der Waals surface area contributed by atoms with Crippen molar-refractivity contribution in [3.63, 3.8) is 0 Å². The quantitative estimate of drug-likeness (QED) is 0.884. The third-order valence-corrected chi connectivity index (χ3v) is 3.87. The smallest absolute Gasteiger partial charge is 0.231 e. The topological polar surface area (TPSA) is 68.3 Å². The number of nitrogens with zero attached hydrogens (tertiary/aromatic N) is 2. The van der Waals surface area contributed by atoms with Crippen LogP contribution in [0.2, 0.25) is 0 Å². The molecule has 2 heterocycles. The summed E-state index contributed by atoms with van der Waals surface area (Å²) >= 11 is 0. The zero-order chi connectivity index (χ0) is 16.7. The number of anilines is 3. The number of nitrogens with one attached hydrogen (secondary N) is 2. The molecule has 1 aromatic carbocycles. The van der Waals surface area contributed by atoms with Crippen molar-refractivity contribution in [2.75, 3.05) is 17.4 Å². The van der Waals surface area contributed by atoms with Crippen LogP contribution in [0.1, 0.15) is 45.2 Å². The number of aromatic nitrogens is 2. The Hall–Kier alpha value is -2.50. The number of fused-ring (bicyclic) bond motifs is 1. The highest BCUT2D eigenvalue weighted by atomic mass is 16.7. The molecule has 1 aliphatic carbocycles. The van der Waals surface area contributed by atoms with E-state index in [4.69, 9.17) is 9.47 Å². The summed E-state index contributed by atoms with van der Waals surface area (Å²) in [5.74, 6) is 3.54. The predicted molar refractivity (Wildman–Crippen MR) is 93.2 cm³/mol. The predicted octanol–water partition coefficient (Wildman–Crippen LogP) is 4.04. The number of rotatable bonds is 4. The van der Waals surface area contributed by atoms with Gasteiger partial charge >= 0.3 is 0 Å². The summed E-state index contributed by atoms with van der Waals surface area (Å²) in [5, 5.41) is 6.72. The minimum Gasteiger partial charge on any atom is -0.454 e. The maximum atomic E-state index is 5.43. The second kappa shape index (κ2) is 5.54. The maximum absolute atomic E-state index is 5.43. The molecule has 0 radical (unpaired) electrons. The fraction of sp³-hybridized carbons (Fsp3) is 0.444. The van der Waals surface area contributed by atoms with Gasteiger partial charge in [0.05, 0.1) is 5.69 Å². The van der Waals surface area contributed by atoms with E-state index in [1.54, 1.807) is 0 Å². The lowest BCUT2D eigenvalue weighted by atomic mass is 10.1. The highest BCUT2D eigenvalue weighted by molar-refractivity contribution is 5.63. The van der Waals surface area contributed by atoms with Gasteiger partial charge in [-0.15, -0.1) is 0 Å². The van der Waals surface area contributed by atoms with E-state index < -0.39 is 0 Å². The molecule has 126 valence electrons. The van der Waals surface area contributed by atoms with Gasteiger partial charge in [0.1, 0.15) is 5.82 Å². The number of hydrogen-bond acceptors (Lipinski definition) is 6. The minimum atomic E-state index is -0.0851. The normalized spacial score (nSPS) is 16.1. The van der Waals surface area contributed by atoms with Crippen LogP contribution in [0.25, 0.3) is 0 Å². The fourth-order valence-corrected chi connectivity index (χ4v) is 2.63. The van der Waals surface area contributed by atoms with Crippen molar-refractivity contribution >= 4 is 17.5 Å². The molecule has 1 aromatic heterocycles. The van der Waals surface area contributed by atoms with E-state index in [1.807, 2.05) is 24.3 Å². The van der Waals surface area contributed by atoms with Crippen LogP contribution in [0.5, 0.6) is 11.5 Å². The molecule has 4 rings (SSSR count). The maximum Gasteiger partial charge on any atom is 0.231 e. The highest BCUT2D eigenvalue weighted by Gasteiger charge is 2.27. The number of hydrogen-bond donors (Lipinski definition) is 2. The zero-order valence-electron chi connectivity index (χ0n) is 14.2. The minimum absolute atomic E-state index is 0.0851. The Morgan fingerprint density at radius 2 is 1.83 bits per heavy atom. The van der Waals surface area contributed by atoms with Gasteiger partial charge in [-0.1, -0.05) is 0 Å². The molecule has 1 saturated carbocycles. The van der Waals surface area contributed by atoms with Gasteiger partial charge in [0.25, 0.3) is 0 Å². The van der Waals surface area contributed by atoms with Crippen LogP contribution in [0.4, 0.5) is 17.5 Å². The second-order valence-corrected chi connectivity index (χ2v) is 7.34. The molecule has 24 heavy (non-hydrogen) atoms. The molecule has 2 aromatic rings. The Bertz CT molecular complexity index is 766. The molecule has 2 aliphatic rings. The third kappa shape index (κ3) is 3.37. The van der Waals surface area contributed by atoms with Gasteiger partial charge in [0, 0.05) is 29.3 Å². The monoisotopic (exact) mass is 326 g/mol. The van der Waals surface area contributed by atoms with Gasteiger partial charge in [0.15, 0.2) is 11.5 Å². The van der Waals surface area contributed by atoms with Crippen LogP contribution < -0.4 is 20.1 Å². The van der Waals surface area contributed by atoms with Crippen molar-refractivity contribution in [3.05, 3.63) is 30.0 Å². The van der Waals surface area contributed by atoms with Crippen LogP contribution in [0.3, 0.4) is 0 Å². The van der Waals surface area contributed by atoms with Gasteiger partial charge in [-0.25, -0.2) is 4.98 Å². The molecule has 0 amide bonds. The van der Waals surface area contributed by atoms with Gasteiger partial charge < -0.3 is 20.1 Å². The Morgan fingerprint density at radius 3 is 2.58 bits per heavy atom. The molecule has 0 atom stereocenters. The van der Waals surface area contributed by atoms with Crippen molar-refractivity contribution < 1.29 is 9.47 Å². The van der Waals surface area contributed by atoms with E-state index in [2.05, 4.69) is 41.4 Å². The van der Waals surface area contributed by atoms with Crippen molar-refractivity contribution in [1.82, 2.24) is 9.97 Å². The van der Waals surface area contributed by atoms with Gasteiger partial charge in [-0.2, -0.15) is 4.98 Å². The average molecular weight is 326 g/mol. The average Bonchev–Trinajstić information content (AvgIpc) is 3.24. The number of benzene rings is 1. The van der Waals surface area contributed by atoms with Gasteiger partial charge in [0.2, 0.25) is 12.7 Å². The van der Waals surface area contributed by atoms with Crippen LogP contribution >= 0.6 is 0 Å². The Balaban J connectivity index is 1.61. The molecule has 1 aliphatic heterocycles. The van der Waals surface area contributed by atoms with E-state index in [0.717, 1.165) is 28.7 Å². The summed E-state index contributed by atoms with van der Waals surface area (Å²) in [6.07, 6.45) is 2.41. The van der Waals surface area contributed by atoms with E-state index in [0.29, 0.717) is 11.9 Å². The van der Waals surface area contributed by atoms with Crippen molar-refractivity contribution in [3.8, 4) is 11.5 Å². The molecule has 0 unspecified atom stereocenters. The van der Waals surface area contributed by atoms with E-state index >= 15 is 0 Å². The summed E-state index contributed by atoms with van der Waals surface area (Å²) in [7, 11) is 0. The Kier molecular flexibility index (Phi) is 3.48. The van der Waals surface area contributed by atoms with Crippen LogP contribution in [-0.2, 0) is 0 Å². The first-order valence-corrected chi connectivity index (χ1v) is 8.30. The van der Waals surface area contributed by atoms with Crippen molar-refractivity contribution in [1.29, 1.82) is 0 Å². The number of ether oxygens (including phenoxy) is 2. The van der Waals surface area contributed by atoms with E-state index in [1.165, 1.54) is 12.8 Å². The lowest BCUT2D eigenvalue weighted by Gasteiger charge is -2.21. The van der Waals surface area contributed by atoms with Crippen LogP contribution in [0.15, 0.2) is 24.3 Å². The first-order valence-electron chi connectivity index (χ1n) is 8.30. The highest BCUT2D eigenvalue weighted by Crippen LogP contribution is 2.40. The second-order valence-electron chi connectivity index (χ2n) is 7.34. The molecular weight excluding hydrogens is 304 g/mol. The summed E-state index contributed by atoms with van der Waals surface area (Å²) in [6.45, 7) is 6.58. The lowest BCUT2D eigenvalue weighted by Crippen LogP contribution is -2.27. The molecule has 1 fully saturated rings. The van der Waals surface area contributed by atoms with E-state index in [-0.39, 0.29) is 12.3 Å². The largest absolute Gasteiger partial charge is 0.454 e. The van der Waals surface area contributed by atoms with Crippen molar-refractivity contribution in [2.45, 2.75) is 45.1 Å². The van der Waals surface area contributed by atoms with Gasteiger partial charge in [-0.05, 0) is 45.7 Å². The van der Waals surface area contributed by atoms with Crippen molar-refractivity contribution in [2.24, 2.45) is 0 Å². The first-order chi connectivity index (χ1) is 11.5. The van der Waals surface area contributed by atoms with E-state index in [9.17, 15) is 0 Å². The first kappa shape index (κ1) is 15.1. The van der Waals surface area contributed by atoms with Crippen LogP contribution in [0, 0.1) is 0 Å². The summed E-state index contributed by atoms with van der Waals surface area (Å²) < 4.78 is 10.8. The molecule has 6 nitrogen and oxygen atoms in total. The summed E-state index contributed by atoms with van der Waals surface area (Å²) in [5.41, 5.74) is 1.93. The fourth-order valence-electron chi connectivity index (χ4n) is 2.63. The molecule has 0 bridgehead atoms. The third-order valence-electron chi connectivity index (χ3n) is 3.87. The molecule has 2 N–H and O–H groups in total. The molecule has 0 spiro atoms. The lowest BCUT2D eigenvalue weighted by molar-refractivity contribution is 0.174. The molecule has 6 heteroatoms. The van der Waals surface area contributed by atoms with Crippen LogP contribution in [-0.4, -0.2) is 22.3 Å². The Morgan fingerprint density at radius 1 is 1.04 bits per heavy atom. The molecule has 0 saturated heterocycles. The zero-order valence-corrected chi connectivity index (χ0v) is 14.2. The standard InChI is InChI=1S/C18H22N4O2/c1-18(2,3)22-17-20-13(11-4-5-11)9-16(21-17)19-12-6-7-14-15(8-12)24-10-23-14/h6-9,11H,4-5,10H2,1-3H3,(H2,19,20,21,22). The van der Waals surface area contributed by atoms with Gasteiger partial charge in [-0.3, -0.25) is 0 Å². The Labute approximate surface area is 141 Å². The molecular formula is C18H22N4O2. The SMILES string of the molecule is CC(C)(C)Nc1nc(Nc2ccc3c(c2)OCO3)cc(C2CC2)n1. The summed E-state index contributed by atoms with van der Waals surface area (Å²) in [4.78, 5) is 9.29.